The first-order valence-corrected chi connectivity index (χ1v) is 18.7. The fraction of sp³-hybridized carbons (Fsp3) is 0.872. The van der Waals surface area contributed by atoms with Crippen molar-refractivity contribution in [1.82, 2.24) is 4.90 Å². The molecule has 0 amide bonds. The minimum atomic E-state index is 0.0370. The largest absolute Gasteiger partial charge is 0.462 e. The zero-order valence-corrected chi connectivity index (χ0v) is 29.3. The SMILES string of the molecule is CCCCCC=CCCCC(CCCC=CCCCCC)C(CCCCCCCCCC)OC(=O)CCCCN(C)C. The van der Waals surface area contributed by atoms with Crippen molar-refractivity contribution < 1.29 is 9.53 Å². The van der Waals surface area contributed by atoms with Gasteiger partial charge in [0.1, 0.15) is 6.10 Å². The van der Waals surface area contributed by atoms with Crippen LogP contribution in [0.4, 0.5) is 0 Å². The van der Waals surface area contributed by atoms with Crippen LogP contribution in [0.25, 0.3) is 0 Å². The summed E-state index contributed by atoms with van der Waals surface area (Å²) in [5, 5.41) is 0. The number of rotatable bonds is 32. The minimum Gasteiger partial charge on any atom is -0.462 e. The Balaban J connectivity index is 5.06. The van der Waals surface area contributed by atoms with Gasteiger partial charge in [-0.3, -0.25) is 4.79 Å². The van der Waals surface area contributed by atoms with Crippen molar-refractivity contribution in [2.24, 2.45) is 5.92 Å². The molecular weight excluding hydrogens is 514 g/mol. The molecule has 0 aromatic rings. The molecule has 0 fully saturated rings. The molecule has 1 atom stereocenters. The molecule has 1 unspecified atom stereocenters. The Morgan fingerprint density at radius 2 is 1.00 bits per heavy atom. The molecule has 0 rings (SSSR count). The number of unbranched alkanes of at least 4 members (excludes halogenated alkanes) is 16. The molecule has 0 saturated carbocycles. The summed E-state index contributed by atoms with van der Waals surface area (Å²) in [5.74, 6) is 0.525. The van der Waals surface area contributed by atoms with E-state index in [0.717, 1.165) is 38.6 Å². The van der Waals surface area contributed by atoms with Crippen LogP contribution in [0, 0.1) is 5.92 Å². The lowest BCUT2D eigenvalue weighted by atomic mass is 9.87. The van der Waals surface area contributed by atoms with E-state index in [2.05, 4.69) is 64.1 Å². The van der Waals surface area contributed by atoms with Crippen LogP contribution in [0.1, 0.15) is 188 Å². The van der Waals surface area contributed by atoms with Crippen molar-refractivity contribution in [3.63, 3.8) is 0 Å². The molecule has 0 spiro atoms. The summed E-state index contributed by atoms with van der Waals surface area (Å²) in [7, 11) is 4.20. The molecule has 0 aliphatic carbocycles. The third-order valence-corrected chi connectivity index (χ3v) is 8.56. The Labute approximate surface area is 264 Å². The van der Waals surface area contributed by atoms with E-state index >= 15 is 0 Å². The zero-order chi connectivity index (χ0) is 30.9. The van der Waals surface area contributed by atoms with Crippen LogP contribution in [0.2, 0.25) is 0 Å². The lowest BCUT2D eigenvalue weighted by Crippen LogP contribution is -2.27. The fourth-order valence-corrected chi connectivity index (χ4v) is 5.80. The molecule has 3 heteroatoms. The summed E-state index contributed by atoms with van der Waals surface area (Å²) < 4.78 is 6.34. The predicted molar refractivity (Wildman–Crippen MR) is 187 cm³/mol. The zero-order valence-electron chi connectivity index (χ0n) is 29.3. The van der Waals surface area contributed by atoms with Gasteiger partial charge in [0, 0.05) is 6.42 Å². The Hall–Kier alpha value is -1.09. The molecule has 42 heavy (non-hydrogen) atoms. The summed E-state index contributed by atoms with van der Waals surface area (Å²) in [5.41, 5.74) is 0. The Kier molecular flexibility index (Phi) is 32.0. The van der Waals surface area contributed by atoms with E-state index in [0.29, 0.717) is 12.3 Å². The van der Waals surface area contributed by atoms with Crippen LogP contribution in [0.15, 0.2) is 24.3 Å². The number of ether oxygens (including phenoxy) is 1. The van der Waals surface area contributed by atoms with E-state index in [4.69, 9.17) is 4.74 Å². The van der Waals surface area contributed by atoms with Gasteiger partial charge >= 0.3 is 5.97 Å². The Bertz CT molecular complexity index is 586. The van der Waals surface area contributed by atoms with Gasteiger partial charge in [0.25, 0.3) is 0 Å². The first-order chi connectivity index (χ1) is 20.5. The molecular formula is C39H75NO2. The van der Waals surface area contributed by atoms with Gasteiger partial charge in [-0.2, -0.15) is 0 Å². The Morgan fingerprint density at radius 1 is 0.548 bits per heavy atom. The van der Waals surface area contributed by atoms with Crippen molar-refractivity contribution in [3.8, 4) is 0 Å². The van der Waals surface area contributed by atoms with Crippen LogP contribution < -0.4 is 0 Å². The maximum Gasteiger partial charge on any atom is 0.306 e. The first kappa shape index (κ1) is 40.9. The first-order valence-electron chi connectivity index (χ1n) is 18.7. The summed E-state index contributed by atoms with van der Waals surface area (Å²) >= 11 is 0. The molecule has 0 bridgehead atoms. The molecule has 0 aromatic heterocycles. The van der Waals surface area contributed by atoms with Gasteiger partial charge in [0.05, 0.1) is 0 Å². The average molecular weight is 590 g/mol. The second-order valence-electron chi connectivity index (χ2n) is 13.1. The summed E-state index contributed by atoms with van der Waals surface area (Å²) in [6.07, 6.45) is 41.2. The normalized spacial score (nSPS) is 13.5. The smallest absolute Gasteiger partial charge is 0.306 e. The highest BCUT2D eigenvalue weighted by Gasteiger charge is 2.24. The van der Waals surface area contributed by atoms with E-state index in [1.807, 2.05) is 0 Å². The average Bonchev–Trinajstić information content (AvgIpc) is 2.97. The molecule has 248 valence electrons. The molecule has 0 heterocycles. The van der Waals surface area contributed by atoms with Gasteiger partial charge in [-0.05, 0) is 116 Å². The van der Waals surface area contributed by atoms with E-state index in [9.17, 15) is 4.79 Å². The molecule has 0 radical (unpaired) electrons. The van der Waals surface area contributed by atoms with E-state index in [-0.39, 0.29) is 12.1 Å². The van der Waals surface area contributed by atoms with Crippen molar-refractivity contribution in [2.75, 3.05) is 20.6 Å². The van der Waals surface area contributed by atoms with E-state index in [1.54, 1.807) is 0 Å². The van der Waals surface area contributed by atoms with E-state index < -0.39 is 0 Å². The maximum atomic E-state index is 13.0. The second kappa shape index (κ2) is 32.8. The van der Waals surface area contributed by atoms with Crippen LogP contribution in [0.3, 0.4) is 0 Å². The molecule has 0 aromatic carbocycles. The maximum absolute atomic E-state index is 13.0. The van der Waals surface area contributed by atoms with Crippen molar-refractivity contribution in [2.45, 2.75) is 194 Å². The highest BCUT2D eigenvalue weighted by Crippen LogP contribution is 2.27. The van der Waals surface area contributed by atoms with Crippen molar-refractivity contribution in [1.29, 1.82) is 0 Å². The van der Waals surface area contributed by atoms with Crippen molar-refractivity contribution >= 4 is 5.97 Å². The standard InChI is InChI=1S/C39H75NO2/c1-6-9-12-15-18-21-24-27-32-37(33-28-25-22-19-16-13-10-7-2)38(34-29-26-23-20-17-14-11-8-3)42-39(41)35-30-31-36-40(4)5/h18-19,21-22,37-38H,6-17,20,23-36H2,1-5H3. The van der Waals surface area contributed by atoms with E-state index in [1.165, 1.54) is 128 Å². The molecule has 0 N–H and O–H groups in total. The second-order valence-corrected chi connectivity index (χ2v) is 13.1. The highest BCUT2D eigenvalue weighted by atomic mass is 16.5. The summed E-state index contributed by atoms with van der Waals surface area (Å²) in [6.45, 7) is 7.86. The van der Waals surface area contributed by atoms with Crippen molar-refractivity contribution in [3.05, 3.63) is 24.3 Å². The quantitative estimate of drug-likeness (QED) is 0.0444. The third kappa shape index (κ3) is 29.0. The molecule has 0 aliphatic rings. The molecule has 0 saturated heterocycles. The number of allylic oxidation sites excluding steroid dienone is 4. The minimum absolute atomic E-state index is 0.0370. The molecule has 0 aliphatic heterocycles. The fourth-order valence-electron chi connectivity index (χ4n) is 5.80. The van der Waals surface area contributed by atoms with Gasteiger partial charge < -0.3 is 9.64 Å². The third-order valence-electron chi connectivity index (χ3n) is 8.56. The topological polar surface area (TPSA) is 29.5 Å². The lowest BCUT2D eigenvalue weighted by Gasteiger charge is -2.28. The van der Waals surface area contributed by atoms with Crippen LogP contribution in [-0.2, 0) is 9.53 Å². The van der Waals surface area contributed by atoms with Crippen LogP contribution >= 0.6 is 0 Å². The van der Waals surface area contributed by atoms with Gasteiger partial charge in [0.15, 0.2) is 0 Å². The van der Waals surface area contributed by atoms with Gasteiger partial charge in [-0.15, -0.1) is 0 Å². The number of esters is 1. The number of carbonyl (C=O) groups excluding carboxylic acids is 1. The van der Waals surface area contributed by atoms with Gasteiger partial charge in [-0.1, -0.05) is 116 Å². The van der Waals surface area contributed by atoms with Gasteiger partial charge in [-0.25, -0.2) is 0 Å². The highest BCUT2D eigenvalue weighted by molar-refractivity contribution is 5.69. The van der Waals surface area contributed by atoms with Gasteiger partial charge in [0.2, 0.25) is 0 Å². The summed E-state index contributed by atoms with van der Waals surface area (Å²) in [4.78, 5) is 15.2. The number of hydrogen-bond donors (Lipinski definition) is 0. The van der Waals surface area contributed by atoms with Crippen LogP contribution in [-0.4, -0.2) is 37.6 Å². The summed E-state index contributed by atoms with van der Waals surface area (Å²) in [6, 6.07) is 0. The predicted octanol–water partition coefficient (Wildman–Crippen LogP) is 12.4. The number of hydrogen-bond acceptors (Lipinski definition) is 3. The number of carbonyl (C=O) groups is 1. The van der Waals surface area contributed by atoms with Crippen LogP contribution in [0.5, 0.6) is 0 Å². The lowest BCUT2D eigenvalue weighted by molar-refractivity contribution is -0.153. The number of nitrogens with zero attached hydrogens (tertiary/aromatic N) is 1. The monoisotopic (exact) mass is 590 g/mol. The Morgan fingerprint density at radius 3 is 1.50 bits per heavy atom. The molecule has 3 nitrogen and oxygen atoms in total.